The Hall–Kier alpha value is -3.31. The molecular weight excluding hydrogens is 412 g/mol. The fraction of sp³-hybridized carbons (Fsp3) is 0.158. The fourth-order valence-electron chi connectivity index (χ4n) is 3.00. The van der Waals surface area contributed by atoms with Crippen molar-refractivity contribution in [3.05, 3.63) is 59.9 Å². The number of aromatic nitrogens is 5. The quantitative estimate of drug-likeness (QED) is 0.348. The van der Waals surface area contributed by atoms with Crippen LogP contribution in [0.25, 0.3) is 22.0 Å². The molecule has 0 aliphatic carbocycles. The van der Waals surface area contributed by atoms with E-state index in [2.05, 4.69) is 20.1 Å². The van der Waals surface area contributed by atoms with Crippen molar-refractivity contribution in [1.29, 1.82) is 0 Å². The van der Waals surface area contributed by atoms with Crippen molar-refractivity contribution in [2.45, 2.75) is 19.1 Å². The van der Waals surface area contributed by atoms with Crippen LogP contribution >= 0.6 is 11.6 Å². The summed E-state index contributed by atoms with van der Waals surface area (Å²) in [7, 11) is 0. The first-order valence-electron chi connectivity index (χ1n) is 8.79. The molecule has 4 aromatic rings. The molecule has 0 fully saturated rings. The Morgan fingerprint density at radius 3 is 2.63 bits per heavy atom. The number of ether oxygens (including phenoxy) is 1. The Morgan fingerprint density at radius 2 is 1.93 bits per heavy atom. The van der Waals surface area contributed by atoms with Crippen LogP contribution < -0.4 is 10.5 Å². The number of nitrogens with two attached hydrogens (primary N) is 1. The van der Waals surface area contributed by atoms with Gasteiger partial charge in [0.1, 0.15) is 24.2 Å². The van der Waals surface area contributed by atoms with Crippen molar-refractivity contribution >= 4 is 28.3 Å². The summed E-state index contributed by atoms with van der Waals surface area (Å²) >= 11 is 6.13. The standard InChI is InChI=1S/C19H17ClN6O4/c1-10(18-24-9-26(25-18)19(27,28)29)30-14-6-5-13(11-3-2-4-12(20)7-11)16-15(14)17(21)23-8-22-16/h2-10,27-29H,1H3,(H2,21,22,23). The number of anilines is 1. The van der Waals surface area contributed by atoms with E-state index >= 15 is 0 Å². The van der Waals surface area contributed by atoms with E-state index < -0.39 is 12.2 Å². The van der Waals surface area contributed by atoms with Gasteiger partial charge in [0.15, 0.2) is 11.9 Å². The molecule has 0 bridgehead atoms. The van der Waals surface area contributed by atoms with E-state index in [-0.39, 0.29) is 11.6 Å². The van der Waals surface area contributed by atoms with Crippen LogP contribution in [0.15, 0.2) is 49.1 Å². The number of fused-ring (bicyclic) bond motifs is 1. The van der Waals surface area contributed by atoms with Gasteiger partial charge in [-0.15, -0.1) is 5.10 Å². The largest absolute Gasteiger partial charge is 0.482 e. The molecule has 0 saturated carbocycles. The Bertz CT molecular complexity index is 1220. The molecule has 0 aliphatic heterocycles. The Balaban J connectivity index is 1.75. The summed E-state index contributed by atoms with van der Waals surface area (Å²) in [5, 5.41) is 32.5. The minimum absolute atomic E-state index is 0.110. The molecule has 30 heavy (non-hydrogen) atoms. The van der Waals surface area contributed by atoms with Crippen LogP contribution in [0.1, 0.15) is 18.9 Å². The van der Waals surface area contributed by atoms with Crippen LogP contribution in [-0.4, -0.2) is 40.1 Å². The van der Waals surface area contributed by atoms with Gasteiger partial charge in [0, 0.05) is 10.6 Å². The van der Waals surface area contributed by atoms with Crippen molar-refractivity contribution in [2.75, 3.05) is 5.73 Å². The van der Waals surface area contributed by atoms with E-state index in [1.54, 1.807) is 19.1 Å². The fourth-order valence-corrected chi connectivity index (χ4v) is 3.19. The molecule has 0 radical (unpaired) electrons. The Labute approximate surface area is 175 Å². The van der Waals surface area contributed by atoms with E-state index in [1.165, 1.54) is 6.33 Å². The zero-order chi connectivity index (χ0) is 21.5. The lowest BCUT2D eigenvalue weighted by Crippen LogP contribution is -2.33. The van der Waals surface area contributed by atoms with Crippen LogP contribution in [-0.2, 0) is 6.10 Å². The van der Waals surface area contributed by atoms with Crippen LogP contribution in [0.3, 0.4) is 0 Å². The summed E-state index contributed by atoms with van der Waals surface area (Å²) in [6.07, 6.45) is -1.54. The number of hydrogen-bond acceptors (Lipinski definition) is 9. The van der Waals surface area contributed by atoms with Gasteiger partial charge >= 0.3 is 6.10 Å². The van der Waals surface area contributed by atoms with E-state index in [4.69, 9.17) is 22.1 Å². The molecular formula is C19H17ClN6O4. The van der Waals surface area contributed by atoms with Gasteiger partial charge in [-0.3, -0.25) is 0 Å². The third-order valence-electron chi connectivity index (χ3n) is 4.40. The van der Waals surface area contributed by atoms with Crippen LogP contribution in [0.2, 0.25) is 5.02 Å². The number of nitrogens with zero attached hydrogens (tertiary/aromatic N) is 5. The van der Waals surface area contributed by atoms with Gasteiger partial charge < -0.3 is 25.8 Å². The molecule has 10 nitrogen and oxygen atoms in total. The number of benzene rings is 2. The number of aliphatic hydroxyl groups is 3. The van der Waals surface area contributed by atoms with Crippen LogP contribution in [0.5, 0.6) is 5.75 Å². The number of nitrogen functional groups attached to an aromatic ring is 1. The summed E-state index contributed by atoms with van der Waals surface area (Å²) in [4.78, 5) is 12.4. The second-order valence-electron chi connectivity index (χ2n) is 6.51. The normalized spacial score (nSPS) is 12.8. The maximum Gasteiger partial charge on any atom is 0.390 e. The van der Waals surface area contributed by atoms with Gasteiger partial charge in [-0.25, -0.2) is 15.0 Å². The monoisotopic (exact) mass is 428 g/mol. The lowest BCUT2D eigenvalue weighted by Gasteiger charge is -2.16. The predicted octanol–water partition coefficient (Wildman–Crippen LogP) is 1.81. The van der Waals surface area contributed by atoms with Crippen molar-refractivity contribution in [3.8, 4) is 16.9 Å². The van der Waals surface area contributed by atoms with Crippen LogP contribution in [0.4, 0.5) is 5.82 Å². The average molecular weight is 429 g/mol. The maximum atomic E-state index is 9.20. The lowest BCUT2D eigenvalue weighted by atomic mass is 10.0. The second kappa shape index (κ2) is 7.50. The average Bonchev–Trinajstić information content (AvgIpc) is 3.19. The molecule has 0 amide bonds. The zero-order valence-electron chi connectivity index (χ0n) is 15.6. The van der Waals surface area contributed by atoms with Gasteiger partial charge in [0.25, 0.3) is 0 Å². The van der Waals surface area contributed by atoms with Gasteiger partial charge in [-0.1, -0.05) is 23.7 Å². The molecule has 2 aromatic carbocycles. The zero-order valence-corrected chi connectivity index (χ0v) is 16.4. The molecule has 1 atom stereocenters. The van der Waals surface area contributed by atoms with E-state index in [1.807, 2.05) is 24.3 Å². The van der Waals surface area contributed by atoms with E-state index in [0.29, 0.717) is 26.4 Å². The van der Waals surface area contributed by atoms with Crippen molar-refractivity contribution in [2.24, 2.45) is 0 Å². The van der Waals surface area contributed by atoms with Gasteiger partial charge in [-0.2, -0.15) is 4.68 Å². The molecule has 0 saturated heterocycles. The minimum atomic E-state index is -3.16. The van der Waals surface area contributed by atoms with Gasteiger partial charge in [0.2, 0.25) is 0 Å². The first-order chi connectivity index (χ1) is 14.2. The topological polar surface area (TPSA) is 152 Å². The number of halogens is 1. The molecule has 4 rings (SSSR count). The molecule has 154 valence electrons. The highest BCUT2D eigenvalue weighted by Gasteiger charge is 2.25. The van der Waals surface area contributed by atoms with E-state index in [9.17, 15) is 15.3 Å². The third-order valence-corrected chi connectivity index (χ3v) is 4.63. The highest BCUT2D eigenvalue weighted by atomic mass is 35.5. The van der Waals surface area contributed by atoms with Crippen molar-refractivity contribution in [1.82, 2.24) is 24.7 Å². The molecule has 5 N–H and O–H groups in total. The molecule has 1 unspecified atom stereocenters. The molecule has 2 aromatic heterocycles. The lowest BCUT2D eigenvalue weighted by molar-refractivity contribution is -0.381. The molecule has 0 aliphatic rings. The third kappa shape index (κ3) is 3.76. The maximum absolute atomic E-state index is 9.20. The molecule has 0 spiro atoms. The highest BCUT2D eigenvalue weighted by molar-refractivity contribution is 6.30. The van der Waals surface area contributed by atoms with Crippen molar-refractivity contribution in [3.63, 3.8) is 0 Å². The summed E-state index contributed by atoms with van der Waals surface area (Å²) in [6.45, 7) is 1.66. The first-order valence-corrected chi connectivity index (χ1v) is 9.17. The van der Waals surface area contributed by atoms with Crippen LogP contribution in [0, 0.1) is 0 Å². The first kappa shape index (κ1) is 20.0. The minimum Gasteiger partial charge on any atom is -0.482 e. The summed E-state index contributed by atoms with van der Waals surface area (Å²) in [5.74, 6) is 0.727. The molecule has 11 heteroatoms. The SMILES string of the molecule is CC(Oc1ccc(-c2cccc(Cl)c2)c2ncnc(N)c12)c1ncn(C(O)(O)O)n1. The highest BCUT2D eigenvalue weighted by Crippen LogP contribution is 2.37. The summed E-state index contributed by atoms with van der Waals surface area (Å²) in [6, 6.07) is 10.9. The smallest absolute Gasteiger partial charge is 0.390 e. The van der Waals surface area contributed by atoms with Gasteiger partial charge in [-0.05, 0) is 36.8 Å². The second-order valence-corrected chi connectivity index (χ2v) is 6.95. The van der Waals surface area contributed by atoms with Gasteiger partial charge in [0.05, 0.1) is 10.9 Å². The Kier molecular flexibility index (Phi) is 5.00. The predicted molar refractivity (Wildman–Crippen MR) is 108 cm³/mol. The summed E-state index contributed by atoms with van der Waals surface area (Å²) in [5.41, 5.74) is 8.35. The van der Waals surface area contributed by atoms with E-state index in [0.717, 1.165) is 17.5 Å². The number of rotatable bonds is 5. The molecule has 2 heterocycles. The Morgan fingerprint density at radius 1 is 1.13 bits per heavy atom. The van der Waals surface area contributed by atoms with Crippen molar-refractivity contribution < 1.29 is 20.1 Å². The summed E-state index contributed by atoms with van der Waals surface area (Å²) < 4.78 is 6.45. The number of hydrogen-bond donors (Lipinski definition) is 4.